The van der Waals surface area contributed by atoms with Gasteiger partial charge in [0.1, 0.15) is 0 Å². The van der Waals surface area contributed by atoms with Crippen LogP contribution in [0.4, 0.5) is 0 Å². The Morgan fingerprint density at radius 2 is 1.09 bits per heavy atom. The van der Waals surface area contributed by atoms with Gasteiger partial charge in [-0.25, -0.2) is 0 Å². The fourth-order valence-corrected chi connectivity index (χ4v) is 3.38. The Morgan fingerprint density at radius 3 is 1.41 bits per heavy atom. The number of aliphatic hydroxyl groups excluding tert-OH is 2. The topological polar surface area (TPSA) is 194 Å². The molecule has 0 saturated carbocycles. The van der Waals surface area contributed by atoms with E-state index in [1.165, 1.54) is 0 Å². The molecule has 1 rings (SSSR count). The van der Waals surface area contributed by atoms with Crippen molar-refractivity contribution in [3.05, 3.63) is 12.3 Å². The first kappa shape index (κ1) is 29.3. The summed E-state index contributed by atoms with van der Waals surface area (Å²) in [5, 5.41) is 48.5. The number of carboxylic acids is 3. The van der Waals surface area contributed by atoms with E-state index in [0.717, 1.165) is 0 Å². The first-order valence-electron chi connectivity index (χ1n) is 10.8. The molecule has 1 atom stereocenters. The van der Waals surface area contributed by atoms with Gasteiger partial charge in [0.15, 0.2) is 0 Å². The number of carbonyl (C=O) groups excluding carboxylic acids is 1. The van der Waals surface area contributed by atoms with Crippen molar-refractivity contribution in [3.8, 4) is 0 Å². The maximum Gasteiger partial charge on any atom is 0.317 e. The second-order valence-corrected chi connectivity index (χ2v) is 7.99. The zero-order valence-electron chi connectivity index (χ0n) is 19.1. The third-order valence-corrected chi connectivity index (χ3v) is 5.27. The minimum atomic E-state index is -1.13. The summed E-state index contributed by atoms with van der Waals surface area (Å²) in [7, 11) is 0. The number of hydrogen-bond donors (Lipinski definition) is 6. The summed E-state index contributed by atoms with van der Waals surface area (Å²) in [4.78, 5) is 52.8. The van der Waals surface area contributed by atoms with Gasteiger partial charge in [-0.2, -0.15) is 0 Å². The second-order valence-electron chi connectivity index (χ2n) is 7.99. The van der Waals surface area contributed by atoms with Crippen LogP contribution in [0, 0.1) is 0 Å². The molecular weight excluding hydrogens is 454 g/mol. The molecular formula is C20H35N5O9. The Morgan fingerprint density at radius 1 is 0.735 bits per heavy atom. The summed E-state index contributed by atoms with van der Waals surface area (Å²) in [6.07, 6.45) is -1.13. The van der Waals surface area contributed by atoms with Gasteiger partial charge in [0.2, 0.25) is 0 Å². The first-order chi connectivity index (χ1) is 16.0. The summed E-state index contributed by atoms with van der Waals surface area (Å²) in [6.45, 7) is 4.21. The molecule has 0 radical (unpaired) electrons. The number of nitrogens with one attached hydrogen (secondary N) is 1. The van der Waals surface area contributed by atoms with Crippen LogP contribution in [0.2, 0.25) is 0 Å². The molecule has 14 heteroatoms. The summed E-state index contributed by atoms with van der Waals surface area (Å²) >= 11 is 0. The van der Waals surface area contributed by atoms with Crippen LogP contribution in [0.5, 0.6) is 0 Å². The lowest BCUT2D eigenvalue weighted by molar-refractivity contribution is -0.140. The van der Waals surface area contributed by atoms with E-state index in [9.17, 15) is 39.6 Å². The monoisotopic (exact) mass is 489 g/mol. The fraction of sp³-hybridized carbons (Fsp3) is 0.700. The van der Waals surface area contributed by atoms with Gasteiger partial charge in [0.25, 0.3) is 5.91 Å². The second kappa shape index (κ2) is 15.2. The summed E-state index contributed by atoms with van der Waals surface area (Å²) in [5.41, 5.74) is 0.0558. The predicted octanol–water partition coefficient (Wildman–Crippen LogP) is -3.56. The van der Waals surface area contributed by atoms with Crippen molar-refractivity contribution in [3.63, 3.8) is 0 Å². The Kier molecular flexibility index (Phi) is 13.1. The van der Waals surface area contributed by atoms with Crippen molar-refractivity contribution >= 4 is 23.8 Å². The van der Waals surface area contributed by atoms with Crippen molar-refractivity contribution in [2.75, 3.05) is 85.1 Å². The van der Waals surface area contributed by atoms with Crippen LogP contribution in [0.15, 0.2) is 12.3 Å². The average Bonchev–Trinajstić information content (AvgIpc) is 2.75. The van der Waals surface area contributed by atoms with Gasteiger partial charge in [-0.15, -0.1) is 0 Å². The van der Waals surface area contributed by atoms with E-state index in [1.807, 2.05) is 0 Å². The molecule has 1 amide bonds. The smallest absolute Gasteiger partial charge is 0.317 e. The Balaban J connectivity index is 3.01. The standard InChI is InChI=1S/C20H35N5O9/c1-15(20(34)21-10-16(27)14-26)25-8-6-23(12-18(30)31)4-2-22(11-17(28)29)3-5-24(7-9-25)13-19(32)33/h16,26-27H,1-14H2,(H,21,34)(H,28,29)(H,30,31)(H,32,33). The van der Waals surface area contributed by atoms with Crippen molar-refractivity contribution in [1.29, 1.82) is 0 Å². The van der Waals surface area contributed by atoms with Crippen LogP contribution in [0.3, 0.4) is 0 Å². The molecule has 0 aromatic heterocycles. The van der Waals surface area contributed by atoms with Crippen molar-refractivity contribution in [1.82, 2.24) is 24.9 Å². The van der Waals surface area contributed by atoms with Gasteiger partial charge in [-0.1, -0.05) is 6.58 Å². The average molecular weight is 490 g/mol. The van der Waals surface area contributed by atoms with Crippen LogP contribution in [0.1, 0.15) is 0 Å². The molecule has 0 aromatic rings. The van der Waals surface area contributed by atoms with Crippen LogP contribution >= 0.6 is 0 Å². The molecule has 1 saturated heterocycles. The predicted molar refractivity (Wildman–Crippen MR) is 119 cm³/mol. The number of carboxylic acid groups (broad SMARTS) is 3. The molecule has 1 aliphatic rings. The molecule has 14 nitrogen and oxygen atoms in total. The maximum absolute atomic E-state index is 12.5. The molecule has 0 bridgehead atoms. The fourth-order valence-electron chi connectivity index (χ4n) is 3.38. The van der Waals surface area contributed by atoms with E-state index in [2.05, 4.69) is 11.9 Å². The van der Waals surface area contributed by atoms with Crippen molar-refractivity contribution in [2.24, 2.45) is 0 Å². The number of hydrogen-bond acceptors (Lipinski definition) is 10. The van der Waals surface area contributed by atoms with Crippen LogP contribution in [0.25, 0.3) is 0 Å². The van der Waals surface area contributed by atoms with Gasteiger partial charge in [-0.3, -0.25) is 33.9 Å². The van der Waals surface area contributed by atoms with Crippen molar-refractivity contribution in [2.45, 2.75) is 6.10 Å². The molecule has 0 aliphatic carbocycles. The van der Waals surface area contributed by atoms with Crippen molar-refractivity contribution < 1.29 is 44.7 Å². The third kappa shape index (κ3) is 11.9. The molecule has 6 N–H and O–H groups in total. The number of carbonyl (C=O) groups is 4. The Hall–Kier alpha value is -2.78. The van der Waals surface area contributed by atoms with E-state index in [4.69, 9.17) is 5.11 Å². The van der Waals surface area contributed by atoms with Crippen LogP contribution < -0.4 is 5.32 Å². The largest absolute Gasteiger partial charge is 0.480 e. The van der Waals surface area contributed by atoms with E-state index in [1.54, 1.807) is 19.6 Å². The number of aliphatic hydroxyl groups is 2. The van der Waals surface area contributed by atoms with Crippen LogP contribution in [-0.4, -0.2) is 160 Å². The molecule has 1 aliphatic heterocycles. The quantitative estimate of drug-likeness (QED) is 0.156. The Labute approximate surface area is 197 Å². The molecule has 194 valence electrons. The summed E-state index contributed by atoms with van der Waals surface area (Å²) < 4.78 is 0. The van der Waals surface area contributed by atoms with E-state index in [-0.39, 0.29) is 84.2 Å². The van der Waals surface area contributed by atoms with Crippen LogP contribution in [-0.2, 0) is 19.2 Å². The minimum absolute atomic E-state index is 0.0558. The maximum atomic E-state index is 12.5. The van der Waals surface area contributed by atoms with Gasteiger partial charge in [0.05, 0.1) is 38.0 Å². The molecule has 34 heavy (non-hydrogen) atoms. The number of rotatable bonds is 11. The number of aliphatic carboxylic acids is 3. The number of amides is 1. The number of nitrogens with zero attached hydrogens (tertiary/aromatic N) is 4. The molecule has 1 heterocycles. The molecule has 1 unspecified atom stereocenters. The normalized spacial score (nSPS) is 18.4. The highest BCUT2D eigenvalue weighted by Gasteiger charge is 2.22. The van der Waals surface area contributed by atoms with E-state index in [0.29, 0.717) is 0 Å². The summed E-state index contributed by atoms with van der Waals surface area (Å²) in [5.74, 6) is -3.72. The minimum Gasteiger partial charge on any atom is -0.480 e. The lowest BCUT2D eigenvalue weighted by Crippen LogP contribution is -2.49. The van der Waals surface area contributed by atoms with Gasteiger partial charge in [0, 0.05) is 58.9 Å². The van der Waals surface area contributed by atoms with Gasteiger partial charge in [-0.05, 0) is 0 Å². The lowest BCUT2D eigenvalue weighted by Gasteiger charge is -2.34. The zero-order valence-corrected chi connectivity index (χ0v) is 19.1. The lowest BCUT2D eigenvalue weighted by atomic mass is 10.3. The highest BCUT2D eigenvalue weighted by Crippen LogP contribution is 2.06. The highest BCUT2D eigenvalue weighted by molar-refractivity contribution is 5.92. The third-order valence-electron chi connectivity index (χ3n) is 5.27. The molecule has 0 spiro atoms. The summed E-state index contributed by atoms with van der Waals surface area (Å²) in [6, 6.07) is 0. The van der Waals surface area contributed by atoms with E-state index < -0.39 is 36.5 Å². The SMILES string of the molecule is C=C(C(=O)NCC(O)CO)N1CCN(CC(=O)O)CCN(CC(=O)O)CCN(CC(=O)O)CC1. The Bertz CT molecular complexity index is 689. The first-order valence-corrected chi connectivity index (χ1v) is 10.8. The zero-order chi connectivity index (χ0) is 25.7. The molecule has 0 aromatic carbocycles. The molecule has 1 fully saturated rings. The van der Waals surface area contributed by atoms with Gasteiger partial charge >= 0.3 is 17.9 Å². The van der Waals surface area contributed by atoms with E-state index >= 15 is 0 Å². The highest BCUT2D eigenvalue weighted by atomic mass is 16.4. The van der Waals surface area contributed by atoms with Gasteiger partial charge < -0.3 is 35.7 Å².